The zero-order valence-corrected chi connectivity index (χ0v) is 11.9. The van der Waals surface area contributed by atoms with Gasteiger partial charge in [0.05, 0.1) is 0 Å². The van der Waals surface area contributed by atoms with Gasteiger partial charge in [-0.25, -0.2) is 9.78 Å². The molecule has 0 radical (unpaired) electrons. The van der Waals surface area contributed by atoms with Gasteiger partial charge in [0.2, 0.25) is 0 Å². The Balaban J connectivity index is 1.61. The number of carbonyl (C=O) groups excluding carboxylic acids is 2. The van der Waals surface area contributed by atoms with Gasteiger partial charge in [0.1, 0.15) is 11.4 Å². The number of nitrogens with one attached hydrogen (secondary N) is 1. The van der Waals surface area contributed by atoms with Gasteiger partial charge in [-0.3, -0.25) is 4.79 Å². The van der Waals surface area contributed by atoms with Crippen molar-refractivity contribution in [2.75, 3.05) is 24.6 Å². The summed E-state index contributed by atoms with van der Waals surface area (Å²) in [6.07, 6.45) is 5.91. The monoisotopic (exact) mass is 289 g/mol. The van der Waals surface area contributed by atoms with Gasteiger partial charge < -0.3 is 15.0 Å². The minimum absolute atomic E-state index is 0.232. The van der Waals surface area contributed by atoms with Crippen LogP contribution in [0.4, 0.5) is 5.82 Å². The number of esters is 1. The Hall–Kier alpha value is -2.11. The van der Waals surface area contributed by atoms with Crippen LogP contribution in [0.15, 0.2) is 18.3 Å². The van der Waals surface area contributed by atoms with Gasteiger partial charge >= 0.3 is 5.97 Å². The van der Waals surface area contributed by atoms with Crippen molar-refractivity contribution in [2.24, 2.45) is 0 Å². The number of hydrogen-bond donors (Lipinski definition) is 1. The maximum Gasteiger partial charge on any atom is 0.342 e. The van der Waals surface area contributed by atoms with Crippen LogP contribution in [0.1, 0.15) is 36.0 Å². The van der Waals surface area contributed by atoms with Crippen molar-refractivity contribution in [3.8, 4) is 0 Å². The van der Waals surface area contributed by atoms with Crippen LogP contribution < -0.4 is 10.2 Å². The Labute approximate surface area is 123 Å². The highest BCUT2D eigenvalue weighted by molar-refractivity contribution is 5.96. The fraction of sp³-hybridized carbons (Fsp3) is 0.533. The predicted octanol–water partition coefficient (Wildman–Crippen LogP) is 1.12. The summed E-state index contributed by atoms with van der Waals surface area (Å²) in [5.74, 6) is -0.0731. The van der Waals surface area contributed by atoms with E-state index in [9.17, 15) is 9.59 Å². The maximum atomic E-state index is 12.2. The van der Waals surface area contributed by atoms with Crippen molar-refractivity contribution in [1.29, 1.82) is 0 Å². The Bertz CT molecular complexity index is 537. The molecule has 1 aromatic rings. The fourth-order valence-electron chi connectivity index (χ4n) is 2.44. The minimum Gasteiger partial charge on any atom is -0.452 e. The van der Waals surface area contributed by atoms with Gasteiger partial charge in [-0.05, 0) is 37.8 Å². The first kappa shape index (κ1) is 13.9. The van der Waals surface area contributed by atoms with Crippen molar-refractivity contribution in [2.45, 2.75) is 31.7 Å². The zero-order valence-electron chi connectivity index (χ0n) is 11.9. The molecule has 1 aromatic heterocycles. The second-order valence-corrected chi connectivity index (χ2v) is 5.49. The SMILES string of the molecule is O=C(COC(=O)c1cccnc1N1CCCC1)NC1CC1. The molecule has 1 amide bonds. The Morgan fingerprint density at radius 3 is 2.81 bits per heavy atom. The lowest BCUT2D eigenvalue weighted by Crippen LogP contribution is -2.31. The van der Waals surface area contributed by atoms with Crippen LogP contribution in [0.25, 0.3) is 0 Å². The first-order valence-corrected chi connectivity index (χ1v) is 7.40. The molecule has 0 unspecified atom stereocenters. The van der Waals surface area contributed by atoms with E-state index < -0.39 is 5.97 Å². The van der Waals surface area contributed by atoms with E-state index in [2.05, 4.69) is 15.2 Å². The van der Waals surface area contributed by atoms with Crippen molar-refractivity contribution in [1.82, 2.24) is 10.3 Å². The number of nitrogens with zero attached hydrogens (tertiary/aromatic N) is 2. The lowest BCUT2D eigenvalue weighted by atomic mass is 10.2. The summed E-state index contributed by atoms with van der Waals surface area (Å²) < 4.78 is 5.10. The smallest absolute Gasteiger partial charge is 0.342 e. The molecule has 1 saturated carbocycles. The highest BCUT2D eigenvalue weighted by atomic mass is 16.5. The lowest BCUT2D eigenvalue weighted by Gasteiger charge is -2.18. The van der Waals surface area contributed by atoms with Gasteiger partial charge in [0.25, 0.3) is 5.91 Å². The van der Waals surface area contributed by atoms with E-state index in [4.69, 9.17) is 4.74 Å². The van der Waals surface area contributed by atoms with Crippen LogP contribution in [-0.4, -0.2) is 42.6 Å². The standard InChI is InChI=1S/C15H19N3O3/c19-13(17-11-5-6-11)10-21-15(20)12-4-3-7-16-14(12)18-8-1-2-9-18/h3-4,7,11H,1-2,5-6,8-10H2,(H,17,19). The molecular weight excluding hydrogens is 270 g/mol. The third-order valence-electron chi connectivity index (χ3n) is 3.69. The van der Waals surface area contributed by atoms with Crippen LogP contribution in [0.2, 0.25) is 0 Å². The van der Waals surface area contributed by atoms with E-state index in [1.807, 2.05) is 0 Å². The molecule has 1 aliphatic carbocycles. The normalized spacial score (nSPS) is 17.6. The third kappa shape index (κ3) is 3.51. The molecule has 21 heavy (non-hydrogen) atoms. The third-order valence-corrected chi connectivity index (χ3v) is 3.69. The molecule has 0 atom stereocenters. The topological polar surface area (TPSA) is 71.5 Å². The highest BCUT2D eigenvalue weighted by Crippen LogP contribution is 2.22. The van der Waals surface area contributed by atoms with Crippen LogP contribution in [-0.2, 0) is 9.53 Å². The van der Waals surface area contributed by atoms with Crippen LogP contribution >= 0.6 is 0 Å². The first-order chi connectivity index (χ1) is 10.2. The number of amides is 1. The Morgan fingerprint density at radius 2 is 2.10 bits per heavy atom. The van der Waals surface area contributed by atoms with Gasteiger partial charge in [-0.15, -0.1) is 0 Å². The molecule has 3 rings (SSSR count). The number of aromatic nitrogens is 1. The summed E-state index contributed by atoms with van der Waals surface area (Å²) in [6, 6.07) is 3.68. The summed E-state index contributed by atoms with van der Waals surface area (Å²) in [5, 5.41) is 2.79. The highest BCUT2D eigenvalue weighted by Gasteiger charge is 2.25. The number of pyridine rings is 1. The van der Waals surface area contributed by atoms with Crippen molar-refractivity contribution in [3.05, 3.63) is 23.9 Å². The van der Waals surface area contributed by atoms with E-state index in [0.29, 0.717) is 11.4 Å². The second-order valence-electron chi connectivity index (χ2n) is 5.49. The number of carbonyl (C=O) groups is 2. The largest absolute Gasteiger partial charge is 0.452 e. The Kier molecular flexibility index (Phi) is 4.03. The van der Waals surface area contributed by atoms with Gasteiger partial charge in [-0.1, -0.05) is 0 Å². The van der Waals surface area contributed by atoms with Gasteiger partial charge in [0, 0.05) is 25.3 Å². The molecule has 6 nitrogen and oxygen atoms in total. The van der Waals surface area contributed by atoms with Gasteiger partial charge in [0.15, 0.2) is 6.61 Å². The van der Waals surface area contributed by atoms with Crippen LogP contribution in [0.3, 0.4) is 0 Å². The number of anilines is 1. The second kappa shape index (κ2) is 6.11. The average Bonchev–Trinajstić information content (AvgIpc) is 3.15. The minimum atomic E-state index is -0.490. The molecule has 112 valence electrons. The number of ether oxygens (including phenoxy) is 1. The Morgan fingerprint density at radius 1 is 1.33 bits per heavy atom. The van der Waals surface area contributed by atoms with Crippen LogP contribution in [0, 0.1) is 0 Å². The number of rotatable bonds is 5. The van der Waals surface area contributed by atoms with E-state index >= 15 is 0 Å². The zero-order chi connectivity index (χ0) is 14.7. The van der Waals surface area contributed by atoms with E-state index in [1.165, 1.54) is 0 Å². The van der Waals surface area contributed by atoms with Gasteiger partial charge in [-0.2, -0.15) is 0 Å². The van der Waals surface area contributed by atoms with Crippen molar-refractivity contribution >= 4 is 17.7 Å². The molecule has 1 N–H and O–H groups in total. The molecule has 0 aromatic carbocycles. The van der Waals surface area contributed by atoms with E-state index in [1.54, 1.807) is 18.3 Å². The summed E-state index contributed by atoms with van der Waals surface area (Å²) in [4.78, 5) is 30.1. The molecule has 2 heterocycles. The lowest BCUT2D eigenvalue weighted by molar-refractivity contribution is -0.124. The van der Waals surface area contributed by atoms with Crippen molar-refractivity contribution < 1.29 is 14.3 Å². The maximum absolute atomic E-state index is 12.2. The molecule has 0 bridgehead atoms. The first-order valence-electron chi connectivity index (χ1n) is 7.40. The average molecular weight is 289 g/mol. The molecule has 6 heteroatoms. The van der Waals surface area contributed by atoms with Crippen molar-refractivity contribution in [3.63, 3.8) is 0 Å². The molecule has 1 saturated heterocycles. The van der Waals surface area contributed by atoms with E-state index in [-0.39, 0.29) is 18.6 Å². The fourth-order valence-corrected chi connectivity index (χ4v) is 2.44. The molecule has 2 fully saturated rings. The van der Waals surface area contributed by atoms with Crippen LogP contribution in [0.5, 0.6) is 0 Å². The predicted molar refractivity (Wildman–Crippen MR) is 77.1 cm³/mol. The summed E-state index contributed by atoms with van der Waals surface area (Å²) in [5.41, 5.74) is 0.429. The molecular formula is C15H19N3O3. The van der Waals surface area contributed by atoms with E-state index in [0.717, 1.165) is 38.8 Å². The summed E-state index contributed by atoms with van der Waals surface area (Å²) in [7, 11) is 0. The molecule has 1 aliphatic heterocycles. The quantitative estimate of drug-likeness (QED) is 0.822. The summed E-state index contributed by atoms with van der Waals surface area (Å²) in [6.45, 7) is 1.57. The summed E-state index contributed by atoms with van der Waals surface area (Å²) >= 11 is 0. The number of hydrogen-bond acceptors (Lipinski definition) is 5. The molecule has 2 aliphatic rings. The molecule has 0 spiro atoms.